The van der Waals surface area contributed by atoms with Crippen molar-refractivity contribution in [1.29, 1.82) is 5.26 Å². The molecule has 3 nitrogen and oxygen atoms in total. The summed E-state index contributed by atoms with van der Waals surface area (Å²) in [5.74, 6) is 0.726. The van der Waals surface area contributed by atoms with Gasteiger partial charge >= 0.3 is 0 Å². The van der Waals surface area contributed by atoms with Crippen LogP contribution in [0.4, 0.5) is 0 Å². The molecule has 0 bridgehead atoms. The second-order valence-electron chi connectivity index (χ2n) is 2.90. The molecule has 74 valence electrons. The smallest absolute Gasteiger partial charge is 0.0930 e. The highest BCUT2D eigenvalue weighted by atomic mass is 32.2. The van der Waals surface area contributed by atoms with Gasteiger partial charge in [0.05, 0.1) is 11.7 Å². The average molecular weight is 200 g/mol. The van der Waals surface area contributed by atoms with Gasteiger partial charge in [-0.15, -0.1) is 11.8 Å². The molecular formula is C9H16N2OS. The molecule has 0 heterocycles. The first-order chi connectivity index (χ1) is 6.08. The van der Waals surface area contributed by atoms with Gasteiger partial charge in [-0.05, 0) is 13.3 Å². The van der Waals surface area contributed by atoms with Crippen LogP contribution in [0.5, 0.6) is 0 Å². The average Bonchev–Trinajstić information content (AvgIpc) is 2.12. The van der Waals surface area contributed by atoms with Crippen LogP contribution in [-0.4, -0.2) is 23.0 Å². The Labute approximate surface area is 83.6 Å². The molecule has 0 saturated carbocycles. The minimum atomic E-state index is -0.893. The molecule has 0 amide bonds. The number of aliphatic hydroxyl groups is 1. The first-order valence-corrected chi connectivity index (χ1v) is 5.22. The molecule has 4 heteroatoms. The van der Waals surface area contributed by atoms with Crippen LogP contribution in [0, 0.1) is 11.3 Å². The molecular weight excluding hydrogens is 184 g/mol. The van der Waals surface area contributed by atoms with Crippen molar-refractivity contribution >= 4 is 11.8 Å². The van der Waals surface area contributed by atoms with E-state index in [4.69, 9.17) is 11.0 Å². The number of hydrogen-bond acceptors (Lipinski definition) is 4. The predicted molar refractivity (Wildman–Crippen MR) is 56.1 cm³/mol. The third kappa shape index (κ3) is 4.32. The van der Waals surface area contributed by atoms with Crippen molar-refractivity contribution in [2.45, 2.75) is 25.9 Å². The van der Waals surface area contributed by atoms with E-state index in [9.17, 15) is 5.11 Å². The second kappa shape index (κ2) is 6.03. The van der Waals surface area contributed by atoms with Crippen LogP contribution >= 0.6 is 11.8 Å². The van der Waals surface area contributed by atoms with Crippen LogP contribution in [0.25, 0.3) is 0 Å². The van der Waals surface area contributed by atoms with Crippen molar-refractivity contribution in [3.63, 3.8) is 0 Å². The molecule has 1 atom stereocenters. The standard InChI is InChI=1S/C9H16N2OS/c1-3-9(2,12)8(4-5-10)13-7-6-11/h4,12H,3,6-7,11H2,1-2H3/b8-4-. The summed E-state index contributed by atoms with van der Waals surface area (Å²) in [7, 11) is 0. The number of nitrogens with zero attached hydrogens (tertiary/aromatic N) is 1. The fraction of sp³-hybridized carbons (Fsp3) is 0.667. The third-order valence-electron chi connectivity index (χ3n) is 1.79. The van der Waals surface area contributed by atoms with Crippen molar-refractivity contribution in [1.82, 2.24) is 0 Å². The van der Waals surface area contributed by atoms with E-state index in [-0.39, 0.29) is 0 Å². The lowest BCUT2D eigenvalue weighted by Crippen LogP contribution is -2.24. The van der Waals surface area contributed by atoms with Crippen molar-refractivity contribution < 1.29 is 5.11 Å². The van der Waals surface area contributed by atoms with E-state index in [2.05, 4.69) is 0 Å². The van der Waals surface area contributed by atoms with E-state index in [1.54, 1.807) is 6.92 Å². The molecule has 0 aromatic carbocycles. The maximum atomic E-state index is 9.86. The molecule has 0 aliphatic carbocycles. The highest BCUT2D eigenvalue weighted by molar-refractivity contribution is 8.03. The fourth-order valence-corrected chi connectivity index (χ4v) is 1.68. The number of nitriles is 1. The minimum Gasteiger partial charge on any atom is -0.385 e. The number of rotatable bonds is 5. The Kier molecular flexibility index (Phi) is 5.80. The van der Waals surface area contributed by atoms with E-state index in [0.29, 0.717) is 17.9 Å². The first-order valence-electron chi connectivity index (χ1n) is 4.24. The van der Waals surface area contributed by atoms with Crippen LogP contribution in [-0.2, 0) is 0 Å². The third-order valence-corrected chi connectivity index (χ3v) is 3.10. The number of hydrogen-bond donors (Lipinski definition) is 2. The Morgan fingerprint density at radius 2 is 2.38 bits per heavy atom. The van der Waals surface area contributed by atoms with Crippen molar-refractivity contribution in [2.75, 3.05) is 12.3 Å². The van der Waals surface area contributed by atoms with Crippen LogP contribution in [0.15, 0.2) is 11.0 Å². The molecule has 0 fully saturated rings. The quantitative estimate of drug-likeness (QED) is 0.655. The van der Waals surface area contributed by atoms with Crippen LogP contribution in [0.3, 0.4) is 0 Å². The lowest BCUT2D eigenvalue weighted by atomic mass is 10.0. The van der Waals surface area contributed by atoms with E-state index < -0.39 is 5.60 Å². The predicted octanol–water partition coefficient (Wildman–Crippen LogP) is 1.25. The Morgan fingerprint density at radius 3 is 2.77 bits per heavy atom. The van der Waals surface area contributed by atoms with Gasteiger partial charge in [0, 0.05) is 23.3 Å². The van der Waals surface area contributed by atoms with Gasteiger partial charge in [0.2, 0.25) is 0 Å². The van der Waals surface area contributed by atoms with Gasteiger partial charge in [-0.3, -0.25) is 0 Å². The highest BCUT2D eigenvalue weighted by Crippen LogP contribution is 2.29. The summed E-state index contributed by atoms with van der Waals surface area (Å²) < 4.78 is 0. The van der Waals surface area contributed by atoms with E-state index >= 15 is 0 Å². The summed E-state index contributed by atoms with van der Waals surface area (Å²) in [5.41, 5.74) is 4.45. The van der Waals surface area contributed by atoms with E-state index in [1.807, 2.05) is 13.0 Å². The maximum absolute atomic E-state index is 9.86. The van der Waals surface area contributed by atoms with Crippen molar-refractivity contribution in [3.05, 3.63) is 11.0 Å². The molecule has 0 aromatic heterocycles. The summed E-state index contributed by atoms with van der Waals surface area (Å²) in [6.07, 6.45) is 1.99. The van der Waals surface area contributed by atoms with Crippen LogP contribution in [0.2, 0.25) is 0 Å². The molecule has 0 rings (SSSR count). The molecule has 0 spiro atoms. The summed E-state index contributed by atoms with van der Waals surface area (Å²) in [6, 6.07) is 1.93. The fourth-order valence-electron chi connectivity index (χ4n) is 0.754. The number of nitrogens with two attached hydrogens (primary N) is 1. The zero-order chi connectivity index (χ0) is 10.3. The second-order valence-corrected chi connectivity index (χ2v) is 4.04. The van der Waals surface area contributed by atoms with Crippen LogP contribution in [0.1, 0.15) is 20.3 Å². The Balaban J connectivity index is 4.44. The SMILES string of the molecule is CCC(C)(O)/C(=C/C#N)SCCN. The molecule has 0 aliphatic heterocycles. The van der Waals surface area contributed by atoms with Gasteiger partial charge in [0.25, 0.3) is 0 Å². The zero-order valence-electron chi connectivity index (χ0n) is 8.08. The summed E-state index contributed by atoms with van der Waals surface area (Å²) >= 11 is 1.44. The molecule has 0 radical (unpaired) electrons. The van der Waals surface area contributed by atoms with Gasteiger partial charge < -0.3 is 10.8 Å². The zero-order valence-corrected chi connectivity index (χ0v) is 8.90. The molecule has 0 saturated heterocycles. The number of allylic oxidation sites excluding steroid dienone is 1. The van der Waals surface area contributed by atoms with E-state index in [0.717, 1.165) is 5.75 Å². The van der Waals surface area contributed by atoms with Gasteiger partial charge in [-0.2, -0.15) is 5.26 Å². The summed E-state index contributed by atoms with van der Waals surface area (Å²) in [5, 5.41) is 18.4. The molecule has 0 aromatic rings. The van der Waals surface area contributed by atoms with Gasteiger partial charge in [0.1, 0.15) is 0 Å². The Morgan fingerprint density at radius 1 is 1.77 bits per heavy atom. The molecule has 13 heavy (non-hydrogen) atoms. The van der Waals surface area contributed by atoms with Crippen LogP contribution < -0.4 is 5.73 Å². The molecule has 0 aliphatic rings. The van der Waals surface area contributed by atoms with Gasteiger partial charge in [-0.25, -0.2) is 0 Å². The van der Waals surface area contributed by atoms with Crippen molar-refractivity contribution in [3.8, 4) is 6.07 Å². The molecule has 1 unspecified atom stereocenters. The van der Waals surface area contributed by atoms with Gasteiger partial charge in [-0.1, -0.05) is 6.92 Å². The monoisotopic (exact) mass is 200 g/mol. The highest BCUT2D eigenvalue weighted by Gasteiger charge is 2.23. The van der Waals surface area contributed by atoms with E-state index in [1.165, 1.54) is 17.8 Å². The molecule has 3 N–H and O–H groups in total. The van der Waals surface area contributed by atoms with Crippen molar-refractivity contribution in [2.24, 2.45) is 5.73 Å². The first kappa shape index (κ1) is 12.5. The number of thioether (sulfide) groups is 1. The lowest BCUT2D eigenvalue weighted by molar-refractivity contribution is 0.104. The largest absolute Gasteiger partial charge is 0.385 e. The van der Waals surface area contributed by atoms with Gasteiger partial charge in [0.15, 0.2) is 0 Å². The topological polar surface area (TPSA) is 70.0 Å². The minimum absolute atomic E-state index is 0.549. The summed E-state index contributed by atoms with van der Waals surface area (Å²) in [6.45, 7) is 4.14. The lowest BCUT2D eigenvalue weighted by Gasteiger charge is -2.23. The Hall–Kier alpha value is -0.500. The normalized spacial score (nSPS) is 16.4. The summed E-state index contributed by atoms with van der Waals surface area (Å²) in [4.78, 5) is 0.697. The maximum Gasteiger partial charge on any atom is 0.0930 e. The Bertz CT molecular complexity index is 218.